The Morgan fingerprint density at radius 3 is 2.70 bits per heavy atom. The number of carbonyl (C=O) groups is 1. The molecule has 0 saturated carbocycles. The number of thiazole rings is 1. The molecule has 136 valence electrons. The highest BCUT2D eigenvalue weighted by atomic mass is 32.1. The third kappa shape index (κ3) is 3.34. The maximum Gasteiger partial charge on any atom is 0.291 e. The lowest BCUT2D eigenvalue weighted by Crippen LogP contribution is -2.12. The van der Waals surface area contributed by atoms with Gasteiger partial charge in [0, 0.05) is 17.3 Å². The zero-order valence-corrected chi connectivity index (χ0v) is 14.4. The topological polar surface area (TPSA) is 122 Å². The molecule has 0 unspecified atom stereocenters. The number of nitrogens with zero attached hydrogens (tertiary/aromatic N) is 2. The van der Waals surface area contributed by atoms with Crippen molar-refractivity contribution in [1.29, 1.82) is 0 Å². The Morgan fingerprint density at radius 1 is 1.15 bits per heavy atom. The normalized spacial score (nSPS) is 10.9. The van der Waals surface area contributed by atoms with E-state index in [1.165, 1.54) is 35.6 Å². The number of furan rings is 1. The van der Waals surface area contributed by atoms with Crippen LogP contribution in [0.5, 0.6) is 5.75 Å². The first-order valence-electron chi connectivity index (χ1n) is 7.77. The Morgan fingerprint density at radius 2 is 1.96 bits per heavy atom. The van der Waals surface area contributed by atoms with Gasteiger partial charge in [-0.3, -0.25) is 15.2 Å². The predicted molar refractivity (Wildman–Crippen MR) is 97.2 cm³/mol. The van der Waals surface area contributed by atoms with Gasteiger partial charge >= 0.3 is 0 Å². The number of para-hydroxylation sites is 1. The molecule has 27 heavy (non-hydrogen) atoms. The molecule has 0 atom stereocenters. The quantitative estimate of drug-likeness (QED) is 0.462. The molecule has 3 N–H and O–H groups in total. The molecular weight excluding hydrogens is 370 g/mol. The molecule has 0 aliphatic carbocycles. The van der Waals surface area contributed by atoms with Gasteiger partial charge in [-0.2, -0.15) is 0 Å². The summed E-state index contributed by atoms with van der Waals surface area (Å²) in [4.78, 5) is 16.7. The minimum atomic E-state index is -0.600. The average Bonchev–Trinajstić information content (AvgIpc) is 3.30. The number of aromatic nitrogens is 1. The molecule has 0 aliphatic heterocycles. The highest BCUT2D eigenvalue weighted by molar-refractivity contribution is 7.21. The molecule has 0 saturated heterocycles. The molecule has 0 aliphatic rings. The average molecular weight is 382 g/mol. The van der Waals surface area contributed by atoms with E-state index in [1.54, 1.807) is 6.07 Å². The van der Waals surface area contributed by atoms with E-state index in [0.29, 0.717) is 16.3 Å². The van der Waals surface area contributed by atoms with Crippen molar-refractivity contribution in [2.45, 2.75) is 0 Å². The summed E-state index contributed by atoms with van der Waals surface area (Å²) in [6, 6.07) is 14.5. The van der Waals surface area contributed by atoms with Crippen LogP contribution in [-0.2, 0) is 0 Å². The summed E-state index contributed by atoms with van der Waals surface area (Å²) in [5.41, 5.74) is 1.56. The first kappa shape index (κ1) is 17.0. The lowest BCUT2D eigenvalue weighted by molar-refractivity contribution is -0.267. The van der Waals surface area contributed by atoms with Crippen LogP contribution >= 0.6 is 11.3 Å². The number of hydrogen-bond acceptors (Lipinski definition) is 8. The number of hydrogen-bond donors (Lipinski definition) is 3. The summed E-state index contributed by atoms with van der Waals surface area (Å²) in [5, 5.41) is 33.0. The predicted octanol–water partition coefficient (Wildman–Crippen LogP) is 3.47. The summed E-state index contributed by atoms with van der Waals surface area (Å²) >= 11 is 1.39. The second kappa shape index (κ2) is 6.72. The highest BCUT2D eigenvalue weighted by Gasteiger charge is 2.15. The standard InChI is InChI=1S/C18H13N3O5S/c22-13-6-5-10(19-17(23)14-7-8-16(26-14)21(24)25)9-11(13)18-20-12-3-1-2-4-15(12)27-18/h1-9,22,24-25H,(H,19,23)/p-1. The van der Waals surface area contributed by atoms with Crippen LogP contribution in [0.3, 0.4) is 0 Å². The molecule has 1 amide bonds. The third-order valence-corrected chi connectivity index (χ3v) is 4.84. The Balaban J connectivity index is 1.62. The van der Waals surface area contributed by atoms with Crippen molar-refractivity contribution in [2.75, 3.05) is 10.5 Å². The van der Waals surface area contributed by atoms with Crippen LogP contribution < -0.4 is 15.6 Å². The van der Waals surface area contributed by atoms with Crippen LogP contribution in [0.25, 0.3) is 20.8 Å². The van der Waals surface area contributed by atoms with Crippen molar-refractivity contribution >= 4 is 39.0 Å². The monoisotopic (exact) mass is 382 g/mol. The van der Waals surface area contributed by atoms with Crippen LogP contribution in [-0.4, -0.2) is 21.3 Å². The van der Waals surface area contributed by atoms with Gasteiger partial charge in [0.1, 0.15) is 5.01 Å². The largest absolute Gasteiger partial charge is 0.872 e. The summed E-state index contributed by atoms with van der Waals surface area (Å²) in [6.07, 6.45) is 0. The second-order valence-electron chi connectivity index (χ2n) is 5.58. The van der Waals surface area contributed by atoms with Crippen LogP contribution in [0.2, 0.25) is 0 Å². The van der Waals surface area contributed by atoms with E-state index in [1.807, 2.05) is 24.3 Å². The number of fused-ring (bicyclic) bond motifs is 1. The summed E-state index contributed by atoms with van der Waals surface area (Å²) in [7, 11) is 0. The Kier molecular flexibility index (Phi) is 4.24. The zero-order chi connectivity index (χ0) is 19.0. The molecule has 4 aromatic rings. The SMILES string of the molecule is O=C(Nc1ccc([O-])c(-c2nc3ccccc3s2)c1)c1ccc(N(O)O)o1. The molecule has 8 nitrogen and oxygen atoms in total. The Bertz CT molecular complexity index is 1100. The van der Waals surface area contributed by atoms with Crippen LogP contribution in [0.4, 0.5) is 11.6 Å². The molecule has 0 spiro atoms. The van der Waals surface area contributed by atoms with Gasteiger partial charge in [0.15, 0.2) is 5.76 Å². The molecular formula is C18H12N3O5S-. The molecule has 2 aromatic heterocycles. The molecule has 2 aromatic carbocycles. The molecule has 9 heteroatoms. The maximum atomic E-state index is 12.3. The fourth-order valence-electron chi connectivity index (χ4n) is 2.51. The first-order chi connectivity index (χ1) is 13.0. The van der Waals surface area contributed by atoms with Crippen molar-refractivity contribution in [3.63, 3.8) is 0 Å². The van der Waals surface area contributed by atoms with Crippen molar-refractivity contribution in [3.8, 4) is 16.3 Å². The van der Waals surface area contributed by atoms with Crippen LogP contribution in [0.1, 0.15) is 10.6 Å². The summed E-state index contributed by atoms with van der Waals surface area (Å²) in [5.74, 6) is -1.23. The van der Waals surface area contributed by atoms with Crippen LogP contribution in [0, 0.1) is 0 Å². The lowest BCUT2D eigenvalue weighted by atomic mass is 10.2. The number of benzene rings is 2. The fourth-order valence-corrected chi connectivity index (χ4v) is 3.50. The van der Waals surface area contributed by atoms with E-state index in [-0.39, 0.29) is 22.6 Å². The smallest absolute Gasteiger partial charge is 0.291 e. The van der Waals surface area contributed by atoms with Gasteiger partial charge in [0.25, 0.3) is 5.91 Å². The Labute approximate surface area is 156 Å². The van der Waals surface area contributed by atoms with E-state index >= 15 is 0 Å². The van der Waals surface area contributed by atoms with Crippen molar-refractivity contribution in [3.05, 3.63) is 60.4 Å². The molecule has 2 heterocycles. The van der Waals surface area contributed by atoms with E-state index in [9.17, 15) is 9.90 Å². The lowest BCUT2D eigenvalue weighted by Gasteiger charge is -2.13. The molecule has 0 bridgehead atoms. The number of nitrogens with one attached hydrogen (secondary N) is 1. The van der Waals surface area contributed by atoms with E-state index in [0.717, 1.165) is 10.2 Å². The van der Waals surface area contributed by atoms with Gasteiger partial charge in [-0.15, -0.1) is 11.3 Å². The highest BCUT2D eigenvalue weighted by Crippen LogP contribution is 2.35. The van der Waals surface area contributed by atoms with Gasteiger partial charge in [-0.25, -0.2) is 4.98 Å². The number of amides is 1. The first-order valence-corrected chi connectivity index (χ1v) is 8.59. The third-order valence-electron chi connectivity index (χ3n) is 3.77. The maximum absolute atomic E-state index is 12.3. The van der Waals surface area contributed by atoms with Crippen LogP contribution in [0.15, 0.2) is 59.0 Å². The fraction of sp³-hybridized carbons (Fsp3) is 0. The van der Waals surface area contributed by atoms with Gasteiger partial charge in [0.05, 0.1) is 10.2 Å². The van der Waals surface area contributed by atoms with E-state index in [2.05, 4.69) is 10.3 Å². The summed E-state index contributed by atoms with van der Waals surface area (Å²) in [6.45, 7) is 0. The van der Waals surface area contributed by atoms with E-state index < -0.39 is 5.91 Å². The summed E-state index contributed by atoms with van der Waals surface area (Å²) < 4.78 is 5.96. The van der Waals surface area contributed by atoms with Gasteiger partial charge in [0.2, 0.25) is 5.88 Å². The minimum Gasteiger partial charge on any atom is -0.872 e. The Hall–Kier alpha value is -3.40. The molecule has 4 rings (SSSR count). The molecule has 0 radical (unpaired) electrons. The van der Waals surface area contributed by atoms with E-state index in [4.69, 9.17) is 14.8 Å². The van der Waals surface area contributed by atoms with Crippen molar-refractivity contribution in [2.24, 2.45) is 0 Å². The number of carbonyl (C=O) groups excluding carboxylic acids is 1. The minimum absolute atomic E-state index is 0.120. The number of rotatable bonds is 4. The second-order valence-corrected chi connectivity index (χ2v) is 6.61. The molecule has 0 fully saturated rings. The van der Waals surface area contributed by atoms with Crippen molar-refractivity contribution < 1.29 is 24.7 Å². The van der Waals surface area contributed by atoms with Crippen molar-refractivity contribution in [1.82, 2.24) is 4.98 Å². The number of anilines is 2. The zero-order valence-electron chi connectivity index (χ0n) is 13.6. The van der Waals surface area contributed by atoms with Gasteiger partial charge < -0.3 is 14.8 Å². The van der Waals surface area contributed by atoms with Gasteiger partial charge in [-0.1, -0.05) is 29.2 Å². The van der Waals surface area contributed by atoms with Gasteiger partial charge in [-0.05, 0) is 30.3 Å².